The number of fused-ring (bicyclic) bond motifs is 1. The number of hydrogen-bond donors (Lipinski definition) is 5. The van der Waals surface area contributed by atoms with Crippen LogP contribution in [-0.4, -0.2) is 28.5 Å². The molecule has 180 valence electrons. The fourth-order valence-electron chi connectivity index (χ4n) is 3.34. The predicted octanol–water partition coefficient (Wildman–Crippen LogP) is 4.62. The molecular weight excluding hydrogens is 465 g/mol. The summed E-state index contributed by atoms with van der Waals surface area (Å²) in [6.45, 7) is 0.134. The number of urea groups is 1. The molecular formula is C23H19F3N6O3. The molecule has 1 heterocycles. The van der Waals surface area contributed by atoms with E-state index in [-0.39, 0.29) is 24.0 Å². The summed E-state index contributed by atoms with van der Waals surface area (Å²) in [6, 6.07) is 16.2. The zero-order valence-corrected chi connectivity index (χ0v) is 17.9. The highest BCUT2D eigenvalue weighted by molar-refractivity contribution is 6.14. The van der Waals surface area contributed by atoms with E-state index in [2.05, 4.69) is 30.9 Å². The fourth-order valence-corrected chi connectivity index (χ4v) is 3.34. The topological polar surface area (TPSA) is 134 Å². The first-order valence-corrected chi connectivity index (χ1v) is 10.2. The van der Waals surface area contributed by atoms with Crippen LogP contribution in [0.2, 0.25) is 0 Å². The Morgan fingerprint density at radius 3 is 2.46 bits per heavy atom. The lowest BCUT2D eigenvalue weighted by Crippen LogP contribution is -2.28. The number of carbonyl (C=O) groups is 2. The monoisotopic (exact) mass is 484 g/mol. The summed E-state index contributed by atoms with van der Waals surface area (Å²) in [5.74, 6) is -0.546. The van der Waals surface area contributed by atoms with Crippen LogP contribution in [0.3, 0.4) is 0 Å². The van der Waals surface area contributed by atoms with Gasteiger partial charge in [-0.1, -0.05) is 18.2 Å². The molecule has 3 amide bonds. The molecule has 0 saturated carbocycles. The normalized spacial score (nSPS) is 11.2. The number of aromatic amines is 1. The molecule has 4 rings (SSSR count). The molecule has 0 spiro atoms. The minimum atomic E-state index is -4.79. The van der Waals surface area contributed by atoms with Crippen LogP contribution in [0.25, 0.3) is 10.9 Å². The van der Waals surface area contributed by atoms with Crippen molar-refractivity contribution in [3.05, 3.63) is 77.9 Å². The van der Waals surface area contributed by atoms with Crippen LogP contribution in [0.5, 0.6) is 5.75 Å². The van der Waals surface area contributed by atoms with Crippen LogP contribution in [0.15, 0.2) is 66.7 Å². The second kappa shape index (κ2) is 9.63. The summed E-state index contributed by atoms with van der Waals surface area (Å²) in [5.41, 5.74) is 8.37. The molecule has 0 unspecified atom stereocenters. The number of nitrogens with two attached hydrogens (primary N) is 1. The molecule has 0 aliphatic rings. The SMILES string of the molecule is Nc1n[nH]c2cccc(C(=O)Nc3cccc(CNC(=O)Nc4ccc(OC(F)(F)F)cc4)c3)c12. The van der Waals surface area contributed by atoms with Gasteiger partial charge in [-0.25, -0.2) is 4.79 Å². The summed E-state index contributed by atoms with van der Waals surface area (Å²) in [7, 11) is 0. The number of H-pyrrole nitrogens is 1. The molecule has 4 aromatic rings. The highest BCUT2D eigenvalue weighted by Gasteiger charge is 2.31. The fraction of sp³-hybridized carbons (Fsp3) is 0.0870. The molecule has 0 aliphatic heterocycles. The Hall–Kier alpha value is -4.74. The minimum absolute atomic E-state index is 0.134. The van der Waals surface area contributed by atoms with Gasteiger partial charge < -0.3 is 26.4 Å². The number of anilines is 3. The summed E-state index contributed by atoms with van der Waals surface area (Å²) in [5, 5.41) is 15.2. The first-order valence-electron chi connectivity index (χ1n) is 10.2. The van der Waals surface area contributed by atoms with E-state index in [1.165, 1.54) is 12.1 Å². The number of alkyl halides is 3. The average molecular weight is 484 g/mol. The number of rotatable bonds is 6. The number of aromatic nitrogens is 2. The number of amides is 3. The second-order valence-electron chi connectivity index (χ2n) is 7.37. The number of carbonyl (C=O) groups excluding carboxylic acids is 2. The minimum Gasteiger partial charge on any atom is -0.406 e. The van der Waals surface area contributed by atoms with Crippen LogP contribution >= 0.6 is 0 Å². The summed E-state index contributed by atoms with van der Waals surface area (Å²) < 4.78 is 40.5. The van der Waals surface area contributed by atoms with Crippen LogP contribution in [0, 0.1) is 0 Å². The molecule has 35 heavy (non-hydrogen) atoms. The van der Waals surface area contributed by atoms with E-state index >= 15 is 0 Å². The van der Waals surface area contributed by atoms with Crippen LogP contribution < -0.4 is 26.4 Å². The Morgan fingerprint density at radius 1 is 0.971 bits per heavy atom. The number of benzene rings is 3. The lowest BCUT2D eigenvalue weighted by Gasteiger charge is -2.11. The molecule has 0 atom stereocenters. The van der Waals surface area contributed by atoms with Gasteiger partial charge >= 0.3 is 12.4 Å². The standard InChI is InChI=1S/C23H19F3N6O3/c24-23(25,26)35-16-9-7-14(8-10-16)30-22(34)28-12-13-3-1-4-15(11-13)29-21(33)17-5-2-6-18-19(17)20(27)32-31-18/h1-11H,12H2,(H,29,33)(H3,27,31,32)(H2,28,30,34). The van der Waals surface area contributed by atoms with Gasteiger partial charge in [-0.3, -0.25) is 9.89 Å². The molecule has 6 N–H and O–H groups in total. The van der Waals surface area contributed by atoms with Crippen molar-refractivity contribution in [3.63, 3.8) is 0 Å². The van der Waals surface area contributed by atoms with E-state index in [4.69, 9.17) is 5.73 Å². The van der Waals surface area contributed by atoms with Gasteiger partial charge in [0.1, 0.15) is 5.75 Å². The maximum absolute atomic E-state index is 12.8. The molecule has 1 aromatic heterocycles. The molecule has 0 fully saturated rings. The predicted molar refractivity (Wildman–Crippen MR) is 124 cm³/mol. The van der Waals surface area contributed by atoms with E-state index in [0.717, 1.165) is 12.1 Å². The Bertz CT molecular complexity index is 1370. The van der Waals surface area contributed by atoms with E-state index in [0.29, 0.717) is 27.7 Å². The van der Waals surface area contributed by atoms with Crippen LogP contribution in [0.1, 0.15) is 15.9 Å². The van der Waals surface area contributed by atoms with Crippen LogP contribution in [-0.2, 0) is 6.54 Å². The third-order valence-corrected chi connectivity index (χ3v) is 4.85. The van der Waals surface area contributed by atoms with E-state index in [1.807, 2.05) is 0 Å². The Balaban J connectivity index is 1.34. The van der Waals surface area contributed by atoms with Crippen molar-refractivity contribution in [1.82, 2.24) is 15.5 Å². The zero-order valence-electron chi connectivity index (χ0n) is 17.9. The average Bonchev–Trinajstić information content (AvgIpc) is 3.19. The van der Waals surface area contributed by atoms with Gasteiger partial charge in [0.2, 0.25) is 0 Å². The quantitative estimate of drug-likeness (QED) is 0.272. The number of ether oxygens (including phenoxy) is 1. The lowest BCUT2D eigenvalue weighted by atomic mass is 10.1. The highest BCUT2D eigenvalue weighted by Crippen LogP contribution is 2.25. The Kier molecular flexibility index (Phi) is 6.44. The van der Waals surface area contributed by atoms with E-state index < -0.39 is 18.1 Å². The van der Waals surface area contributed by atoms with Crippen molar-refractivity contribution in [2.24, 2.45) is 0 Å². The summed E-state index contributed by atoms with van der Waals surface area (Å²) >= 11 is 0. The Morgan fingerprint density at radius 2 is 1.71 bits per heavy atom. The van der Waals surface area contributed by atoms with Gasteiger partial charge in [0.25, 0.3) is 5.91 Å². The number of halogens is 3. The van der Waals surface area contributed by atoms with Crippen molar-refractivity contribution in [2.75, 3.05) is 16.4 Å². The zero-order chi connectivity index (χ0) is 25.0. The molecule has 3 aromatic carbocycles. The number of nitrogens with zero attached hydrogens (tertiary/aromatic N) is 1. The molecule has 0 aliphatic carbocycles. The molecule has 9 nitrogen and oxygen atoms in total. The molecule has 12 heteroatoms. The van der Waals surface area contributed by atoms with Crippen molar-refractivity contribution in [3.8, 4) is 5.75 Å². The second-order valence-corrected chi connectivity index (χ2v) is 7.37. The number of nitrogens with one attached hydrogen (secondary N) is 4. The summed E-state index contributed by atoms with van der Waals surface area (Å²) in [4.78, 5) is 25.0. The van der Waals surface area contributed by atoms with Gasteiger partial charge in [-0.2, -0.15) is 5.10 Å². The molecule has 0 saturated heterocycles. The van der Waals surface area contributed by atoms with Crippen molar-refractivity contribution in [2.45, 2.75) is 12.9 Å². The van der Waals surface area contributed by atoms with Gasteiger partial charge in [0.15, 0.2) is 5.82 Å². The van der Waals surface area contributed by atoms with E-state index in [9.17, 15) is 22.8 Å². The Labute approximate surface area is 196 Å². The van der Waals surface area contributed by atoms with Gasteiger partial charge in [-0.05, 0) is 54.1 Å². The third kappa shape index (κ3) is 5.99. The van der Waals surface area contributed by atoms with Crippen molar-refractivity contribution >= 4 is 40.0 Å². The highest BCUT2D eigenvalue weighted by atomic mass is 19.4. The maximum Gasteiger partial charge on any atom is 0.573 e. The largest absolute Gasteiger partial charge is 0.573 e. The number of hydrogen-bond acceptors (Lipinski definition) is 5. The van der Waals surface area contributed by atoms with Crippen LogP contribution in [0.4, 0.5) is 35.2 Å². The summed E-state index contributed by atoms with van der Waals surface area (Å²) in [6.07, 6.45) is -4.79. The van der Waals surface area contributed by atoms with E-state index in [1.54, 1.807) is 42.5 Å². The smallest absolute Gasteiger partial charge is 0.406 e. The first kappa shape index (κ1) is 23.4. The molecule has 0 radical (unpaired) electrons. The lowest BCUT2D eigenvalue weighted by molar-refractivity contribution is -0.274. The van der Waals surface area contributed by atoms with Gasteiger partial charge in [0, 0.05) is 17.9 Å². The van der Waals surface area contributed by atoms with Gasteiger partial charge in [-0.15, -0.1) is 13.2 Å². The van der Waals surface area contributed by atoms with Gasteiger partial charge in [0.05, 0.1) is 16.5 Å². The maximum atomic E-state index is 12.8. The third-order valence-electron chi connectivity index (χ3n) is 4.85. The number of nitrogen functional groups attached to an aromatic ring is 1. The van der Waals surface area contributed by atoms with Crippen molar-refractivity contribution in [1.29, 1.82) is 0 Å². The first-order chi connectivity index (χ1) is 16.7. The molecule has 0 bridgehead atoms. The van der Waals surface area contributed by atoms with Crippen molar-refractivity contribution < 1.29 is 27.5 Å².